The van der Waals surface area contributed by atoms with Crippen molar-refractivity contribution in [3.05, 3.63) is 63.8 Å². The van der Waals surface area contributed by atoms with E-state index in [-0.39, 0.29) is 18.0 Å². The van der Waals surface area contributed by atoms with Crippen LogP contribution in [-0.4, -0.2) is 75.9 Å². The molecule has 4 rings (SSSR count). The van der Waals surface area contributed by atoms with Crippen molar-refractivity contribution in [1.29, 1.82) is 0 Å². The lowest BCUT2D eigenvalue weighted by Crippen LogP contribution is -2.46. The zero-order valence-electron chi connectivity index (χ0n) is 20.6. The quantitative estimate of drug-likeness (QED) is 0.491. The molecule has 0 spiro atoms. The summed E-state index contributed by atoms with van der Waals surface area (Å²) in [5.41, 5.74) is 2.88. The van der Waals surface area contributed by atoms with Crippen LogP contribution >= 0.6 is 0 Å². The highest BCUT2D eigenvalue weighted by molar-refractivity contribution is 5.87. The molecule has 1 saturated heterocycles. The zero-order chi connectivity index (χ0) is 24.1. The van der Waals surface area contributed by atoms with Gasteiger partial charge in [0.05, 0.1) is 11.6 Å². The molecular formula is C26H36N6O2. The minimum Gasteiger partial charge on any atom is -0.354 e. The number of aromatic nitrogens is 3. The number of hydrogen-bond donors (Lipinski definition) is 1. The molecule has 1 N–H and O–H groups in total. The highest BCUT2D eigenvalue weighted by atomic mass is 16.2. The van der Waals surface area contributed by atoms with Crippen molar-refractivity contribution in [2.75, 3.05) is 45.8 Å². The molecule has 0 bridgehead atoms. The van der Waals surface area contributed by atoms with Crippen LogP contribution < -0.4 is 10.9 Å². The van der Waals surface area contributed by atoms with Crippen LogP contribution in [0.25, 0.3) is 10.8 Å². The number of nitrogens with one attached hydrogen (secondary N) is 1. The summed E-state index contributed by atoms with van der Waals surface area (Å²) in [6.45, 7) is 13.9. The number of rotatable bonds is 9. The number of piperazine rings is 1. The van der Waals surface area contributed by atoms with Crippen LogP contribution in [0.5, 0.6) is 0 Å². The number of likely N-dealkylation sites (N-methyl/N-ethyl adjacent to an activating group) is 1. The fourth-order valence-electron chi connectivity index (χ4n) is 4.81. The van der Waals surface area contributed by atoms with E-state index in [1.165, 1.54) is 10.2 Å². The van der Waals surface area contributed by atoms with Crippen LogP contribution in [0.2, 0.25) is 0 Å². The number of hydrogen-bond acceptors (Lipinski definition) is 5. The summed E-state index contributed by atoms with van der Waals surface area (Å²) in [6.07, 6.45) is 2.61. The Bertz CT molecular complexity index is 1180. The molecule has 1 aliphatic heterocycles. The fourth-order valence-corrected chi connectivity index (χ4v) is 4.81. The first-order chi connectivity index (χ1) is 16.5. The summed E-state index contributed by atoms with van der Waals surface area (Å²) >= 11 is 0. The molecule has 3 aromatic rings. The van der Waals surface area contributed by atoms with E-state index < -0.39 is 0 Å². The molecule has 1 amide bonds. The molecule has 1 aromatic carbocycles. The van der Waals surface area contributed by atoms with Crippen molar-refractivity contribution in [3.63, 3.8) is 0 Å². The largest absolute Gasteiger partial charge is 0.354 e. The van der Waals surface area contributed by atoms with Crippen LogP contribution in [0, 0.1) is 13.8 Å². The lowest BCUT2D eigenvalue weighted by molar-refractivity contribution is -0.121. The van der Waals surface area contributed by atoms with Crippen LogP contribution in [-0.2, 0) is 17.9 Å². The van der Waals surface area contributed by atoms with Gasteiger partial charge in [0.1, 0.15) is 6.54 Å². The Morgan fingerprint density at radius 2 is 1.74 bits per heavy atom. The highest BCUT2D eigenvalue weighted by Crippen LogP contribution is 2.23. The lowest BCUT2D eigenvalue weighted by Gasteiger charge is -2.33. The average molecular weight is 465 g/mol. The van der Waals surface area contributed by atoms with E-state index in [1.807, 2.05) is 32.0 Å². The highest BCUT2D eigenvalue weighted by Gasteiger charge is 2.18. The first kappa shape index (κ1) is 24.2. The number of carbonyl (C=O) groups is 1. The fraction of sp³-hybridized carbons (Fsp3) is 0.500. The van der Waals surface area contributed by atoms with Gasteiger partial charge in [-0.2, -0.15) is 5.10 Å². The summed E-state index contributed by atoms with van der Waals surface area (Å²) in [5.74, 6) is -0.178. The third kappa shape index (κ3) is 5.39. The van der Waals surface area contributed by atoms with Crippen LogP contribution in [0.3, 0.4) is 0 Å². The van der Waals surface area contributed by atoms with Gasteiger partial charge in [0, 0.05) is 56.0 Å². The Balaban J connectivity index is 1.36. The van der Waals surface area contributed by atoms with Gasteiger partial charge in [0.15, 0.2) is 0 Å². The molecule has 0 aliphatic carbocycles. The summed E-state index contributed by atoms with van der Waals surface area (Å²) < 4.78 is 3.43. The zero-order valence-corrected chi connectivity index (χ0v) is 20.6. The maximum atomic E-state index is 13.2. The molecule has 34 heavy (non-hydrogen) atoms. The normalized spacial score (nSPS) is 15.1. The SMILES string of the molecule is CCN1CCN(CCCNC(=O)Cn2ncc3c(C)n(Cc4ccccc4)c(C)c3c2=O)CC1. The summed E-state index contributed by atoms with van der Waals surface area (Å²) in [6, 6.07) is 10.2. The molecule has 3 heterocycles. The van der Waals surface area contributed by atoms with Gasteiger partial charge in [-0.25, -0.2) is 4.68 Å². The molecule has 8 nitrogen and oxygen atoms in total. The van der Waals surface area contributed by atoms with Gasteiger partial charge in [-0.15, -0.1) is 0 Å². The maximum Gasteiger partial charge on any atom is 0.276 e. The standard InChI is InChI=1S/C26H36N6O2/c1-4-29-13-15-30(16-14-29)12-8-11-27-24(33)19-32-26(34)25-21(3)31(20(2)23(25)17-28-32)18-22-9-6-5-7-10-22/h5-7,9-10,17H,4,8,11-16,18-19H2,1-3H3,(H,27,33). The second-order valence-electron chi connectivity index (χ2n) is 9.12. The second kappa shape index (κ2) is 11.0. The van der Waals surface area contributed by atoms with Gasteiger partial charge in [-0.3, -0.25) is 9.59 Å². The minimum atomic E-state index is -0.214. The molecule has 1 fully saturated rings. The molecule has 0 saturated carbocycles. The maximum absolute atomic E-state index is 13.2. The first-order valence-electron chi connectivity index (χ1n) is 12.3. The average Bonchev–Trinajstić information content (AvgIpc) is 3.09. The number of amides is 1. The van der Waals surface area contributed by atoms with Crippen molar-refractivity contribution < 1.29 is 4.79 Å². The Kier molecular flexibility index (Phi) is 7.80. The van der Waals surface area contributed by atoms with E-state index in [2.05, 4.69) is 43.8 Å². The Labute approximate surface area is 201 Å². The van der Waals surface area contributed by atoms with E-state index in [9.17, 15) is 9.59 Å². The van der Waals surface area contributed by atoms with Crippen molar-refractivity contribution in [2.45, 2.75) is 40.3 Å². The second-order valence-corrected chi connectivity index (χ2v) is 9.12. The molecule has 182 valence electrons. The Morgan fingerprint density at radius 3 is 2.44 bits per heavy atom. The molecular weight excluding hydrogens is 428 g/mol. The molecule has 2 aromatic heterocycles. The molecule has 0 unspecified atom stereocenters. The van der Waals surface area contributed by atoms with Crippen LogP contribution in [0.1, 0.15) is 30.3 Å². The van der Waals surface area contributed by atoms with Crippen molar-refractivity contribution in [2.24, 2.45) is 0 Å². The smallest absolute Gasteiger partial charge is 0.276 e. The van der Waals surface area contributed by atoms with Gasteiger partial charge in [0.25, 0.3) is 5.56 Å². The number of nitrogens with zero attached hydrogens (tertiary/aromatic N) is 5. The number of benzene rings is 1. The van der Waals surface area contributed by atoms with Crippen molar-refractivity contribution in [3.8, 4) is 0 Å². The Morgan fingerprint density at radius 1 is 1.03 bits per heavy atom. The van der Waals surface area contributed by atoms with Crippen LogP contribution in [0.4, 0.5) is 0 Å². The number of carbonyl (C=O) groups excluding carboxylic acids is 1. The van der Waals surface area contributed by atoms with Gasteiger partial charge < -0.3 is 19.7 Å². The molecule has 1 aliphatic rings. The summed E-state index contributed by atoms with van der Waals surface area (Å²) in [7, 11) is 0. The van der Waals surface area contributed by atoms with E-state index in [0.717, 1.165) is 62.5 Å². The topological polar surface area (TPSA) is 75.4 Å². The summed E-state index contributed by atoms with van der Waals surface area (Å²) in [5, 5.41) is 8.74. The Hall–Kier alpha value is -2.97. The third-order valence-electron chi connectivity index (χ3n) is 6.97. The first-order valence-corrected chi connectivity index (χ1v) is 12.3. The predicted octanol–water partition coefficient (Wildman–Crippen LogP) is 2.01. The predicted molar refractivity (Wildman–Crippen MR) is 135 cm³/mol. The van der Waals surface area contributed by atoms with E-state index in [1.54, 1.807) is 6.20 Å². The third-order valence-corrected chi connectivity index (χ3v) is 6.97. The number of aryl methyl sites for hydroxylation is 2. The lowest BCUT2D eigenvalue weighted by atomic mass is 10.2. The minimum absolute atomic E-state index is 0.0632. The molecule has 0 radical (unpaired) electrons. The van der Waals surface area contributed by atoms with E-state index >= 15 is 0 Å². The molecule has 8 heteroatoms. The van der Waals surface area contributed by atoms with Crippen molar-refractivity contribution in [1.82, 2.24) is 29.5 Å². The van der Waals surface area contributed by atoms with Crippen LogP contribution in [0.15, 0.2) is 41.3 Å². The van der Waals surface area contributed by atoms with Gasteiger partial charge in [0.2, 0.25) is 5.91 Å². The summed E-state index contributed by atoms with van der Waals surface area (Å²) in [4.78, 5) is 30.6. The van der Waals surface area contributed by atoms with E-state index in [4.69, 9.17) is 0 Å². The van der Waals surface area contributed by atoms with Gasteiger partial charge >= 0.3 is 0 Å². The van der Waals surface area contributed by atoms with Crippen molar-refractivity contribution >= 4 is 16.7 Å². The van der Waals surface area contributed by atoms with Gasteiger partial charge in [-0.1, -0.05) is 37.3 Å². The van der Waals surface area contributed by atoms with Gasteiger partial charge in [-0.05, 0) is 38.9 Å². The van der Waals surface area contributed by atoms with E-state index in [0.29, 0.717) is 18.5 Å². The molecule has 0 atom stereocenters. The monoisotopic (exact) mass is 464 g/mol. The number of fused-ring (bicyclic) bond motifs is 1.